The quantitative estimate of drug-likeness (QED) is 0.633. The summed E-state index contributed by atoms with van der Waals surface area (Å²) in [5.74, 6) is -0.102. The maximum Gasteiger partial charge on any atom is 0.266 e. The first-order valence-electron chi connectivity index (χ1n) is 5.37. The van der Waals surface area contributed by atoms with Gasteiger partial charge < -0.3 is 5.73 Å². The molecule has 3 N–H and O–H groups in total. The van der Waals surface area contributed by atoms with Crippen molar-refractivity contribution in [3.8, 4) is 0 Å². The van der Waals surface area contributed by atoms with E-state index in [9.17, 15) is 8.42 Å². The molecule has 0 amide bonds. The first-order chi connectivity index (χ1) is 9.28. The molecule has 0 saturated heterocycles. The Kier molecular flexibility index (Phi) is 4.17. The fourth-order valence-electron chi connectivity index (χ4n) is 1.49. The smallest absolute Gasteiger partial charge is 0.266 e. The van der Waals surface area contributed by atoms with Crippen molar-refractivity contribution in [2.24, 2.45) is 0 Å². The molecule has 1 aromatic carbocycles. The third kappa shape index (κ3) is 3.38. The molecule has 0 spiro atoms. The number of nitrogens with one attached hydrogen (secondary N) is 1. The largest absolute Gasteiger partial charge is 0.398 e. The summed E-state index contributed by atoms with van der Waals surface area (Å²) < 4.78 is 27.4. The van der Waals surface area contributed by atoms with Crippen molar-refractivity contribution in [1.82, 2.24) is 9.97 Å². The van der Waals surface area contributed by atoms with E-state index < -0.39 is 10.0 Å². The number of aromatic nitrogens is 2. The monoisotopic (exact) mass is 376 g/mol. The molecular formula is C11H10BrClN4O2S. The summed E-state index contributed by atoms with van der Waals surface area (Å²) in [4.78, 5) is 7.70. The van der Waals surface area contributed by atoms with Crippen LogP contribution in [0.25, 0.3) is 0 Å². The summed E-state index contributed by atoms with van der Waals surface area (Å²) in [5.41, 5.74) is 6.35. The lowest BCUT2D eigenvalue weighted by molar-refractivity contribution is 0.601. The zero-order valence-electron chi connectivity index (χ0n) is 10.3. The van der Waals surface area contributed by atoms with Crippen LogP contribution in [0.15, 0.2) is 33.6 Å². The van der Waals surface area contributed by atoms with Crippen LogP contribution in [0.2, 0.25) is 5.15 Å². The third-order valence-electron chi connectivity index (χ3n) is 2.31. The minimum atomic E-state index is -3.89. The lowest BCUT2D eigenvalue weighted by atomic mass is 10.3. The van der Waals surface area contributed by atoms with Crippen LogP contribution in [-0.4, -0.2) is 18.4 Å². The molecule has 6 nitrogen and oxygen atoms in total. The van der Waals surface area contributed by atoms with Crippen LogP contribution >= 0.6 is 27.5 Å². The first kappa shape index (κ1) is 15.0. The lowest BCUT2D eigenvalue weighted by Gasteiger charge is -2.09. The Morgan fingerprint density at radius 3 is 2.65 bits per heavy atom. The predicted molar refractivity (Wildman–Crippen MR) is 81.1 cm³/mol. The highest BCUT2D eigenvalue weighted by Crippen LogP contribution is 2.24. The maximum atomic E-state index is 12.3. The maximum absolute atomic E-state index is 12.3. The summed E-state index contributed by atoms with van der Waals surface area (Å²) in [6.07, 6.45) is 0. The predicted octanol–water partition coefficient (Wildman–Crippen LogP) is 2.58. The summed E-state index contributed by atoms with van der Waals surface area (Å²) >= 11 is 8.96. The fraction of sp³-hybridized carbons (Fsp3) is 0.0909. The average Bonchev–Trinajstić information content (AvgIpc) is 2.30. The molecule has 0 aliphatic carbocycles. The second kappa shape index (κ2) is 5.55. The summed E-state index contributed by atoms with van der Waals surface area (Å²) in [6, 6.07) is 6.05. The molecule has 1 aromatic heterocycles. The molecule has 0 fully saturated rings. The van der Waals surface area contributed by atoms with Crippen LogP contribution in [-0.2, 0) is 10.0 Å². The topological polar surface area (TPSA) is 98.0 Å². The minimum Gasteiger partial charge on any atom is -0.398 e. The van der Waals surface area contributed by atoms with E-state index in [1.54, 1.807) is 13.0 Å². The highest BCUT2D eigenvalue weighted by molar-refractivity contribution is 9.10. The van der Waals surface area contributed by atoms with Crippen LogP contribution in [0.1, 0.15) is 5.69 Å². The van der Waals surface area contributed by atoms with E-state index in [0.717, 1.165) is 0 Å². The number of nitrogens with zero attached hydrogens (tertiary/aromatic N) is 2. The van der Waals surface area contributed by atoms with E-state index in [4.69, 9.17) is 17.3 Å². The van der Waals surface area contributed by atoms with Crippen molar-refractivity contribution in [3.05, 3.63) is 39.6 Å². The van der Waals surface area contributed by atoms with E-state index in [-0.39, 0.29) is 21.7 Å². The van der Waals surface area contributed by atoms with Crippen molar-refractivity contribution in [1.29, 1.82) is 0 Å². The highest BCUT2D eigenvalue weighted by atomic mass is 79.9. The Morgan fingerprint density at radius 1 is 1.30 bits per heavy atom. The van der Waals surface area contributed by atoms with Crippen molar-refractivity contribution < 1.29 is 8.42 Å². The lowest BCUT2D eigenvalue weighted by Crippen LogP contribution is -2.17. The summed E-state index contributed by atoms with van der Waals surface area (Å²) in [5, 5.41) is 0.150. The van der Waals surface area contributed by atoms with Gasteiger partial charge in [0, 0.05) is 10.2 Å². The van der Waals surface area contributed by atoms with Crippen molar-refractivity contribution in [3.63, 3.8) is 0 Å². The van der Waals surface area contributed by atoms with E-state index in [1.807, 2.05) is 0 Å². The zero-order chi connectivity index (χ0) is 14.9. The van der Waals surface area contributed by atoms with Crippen LogP contribution in [0.5, 0.6) is 0 Å². The Bertz CT molecular complexity index is 747. The molecule has 0 atom stereocenters. The Morgan fingerprint density at radius 2 is 2.00 bits per heavy atom. The van der Waals surface area contributed by atoms with Gasteiger partial charge in [0.05, 0.1) is 5.69 Å². The van der Waals surface area contributed by atoms with E-state index in [0.29, 0.717) is 10.2 Å². The number of nitrogens with two attached hydrogens (primary N) is 1. The normalized spacial score (nSPS) is 11.3. The molecule has 0 radical (unpaired) electrons. The van der Waals surface area contributed by atoms with Crippen LogP contribution in [0, 0.1) is 6.92 Å². The molecule has 0 unspecified atom stereocenters. The fourth-order valence-corrected chi connectivity index (χ4v) is 3.34. The second-order valence-corrected chi connectivity index (χ2v) is 6.90. The Hall–Kier alpha value is -1.38. The number of hydrogen-bond acceptors (Lipinski definition) is 5. The molecule has 2 rings (SSSR count). The number of hydrogen-bond donors (Lipinski definition) is 2. The number of nitrogen functional groups attached to an aromatic ring is 1. The van der Waals surface area contributed by atoms with Gasteiger partial charge in [0.2, 0.25) is 5.95 Å². The van der Waals surface area contributed by atoms with Crippen LogP contribution < -0.4 is 10.5 Å². The van der Waals surface area contributed by atoms with Gasteiger partial charge in [-0.05, 0) is 31.2 Å². The minimum absolute atomic E-state index is 0.0619. The van der Waals surface area contributed by atoms with Crippen molar-refractivity contribution in [2.45, 2.75) is 11.8 Å². The molecule has 0 saturated carbocycles. The number of benzene rings is 1. The number of aryl methyl sites for hydroxylation is 1. The van der Waals surface area contributed by atoms with Gasteiger partial charge in [-0.3, -0.25) is 0 Å². The van der Waals surface area contributed by atoms with Gasteiger partial charge in [-0.2, -0.15) is 0 Å². The molecular weight excluding hydrogens is 368 g/mol. The van der Waals surface area contributed by atoms with E-state index >= 15 is 0 Å². The zero-order valence-corrected chi connectivity index (χ0v) is 13.4. The molecule has 20 heavy (non-hydrogen) atoms. The SMILES string of the molecule is Cc1cc(Cl)nc(NS(=O)(=O)c2cc(Br)ccc2N)n1. The summed E-state index contributed by atoms with van der Waals surface area (Å²) in [7, 11) is -3.89. The molecule has 0 aliphatic rings. The second-order valence-electron chi connectivity index (χ2n) is 3.94. The number of anilines is 2. The van der Waals surface area contributed by atoms with E-state index in [2.05, 4.69) is 30.6 Å². The van der Waals surface area contributed by atoms with Gasteiger partial charge >= 0.3 is 0 Å². The molecule has 1 heterocycles. The molecule has 106 valence electrons. The average molecular weight is 378 g/mol. The standard InChI is InChI=1S/C11H10BrClN4O2S/c1-6-4-10(13)16-11(15-6)17-20(18,19)9-5-7(12)2-3-8(9)14/h2-5H,14H2,1H3,(H,15,16,17). The molecule has 9 heteroatoms. The number of rotatable bonds is 3. The van der Waals surface area contributed by atoms with Gasteiger partial charge in [-0.1, -0.05) is 27.5 Å². The number of halogens is 2. The number of sulfonamides is 1. The third-order valence-corrected chi connectivity index (χ3v) is 4.38. The van der Waals surface area contributed by atoms with Gasteiger partial charge in [-0.25, -0.2) is 23.1 Å². The summed E-state index contributed by atoms with van der Waals surface area (Å²) in [6.45, 7) is 1.68. The first-order valence-corrected chi connectivity index (χ1v) is 8.02. The Labute approximate surface area is 129 Å². The van der Waals surface area contributed by atoms with Crippen LogP contribution in [0.4, 0.5) is 11.6 Å². The highest BCUT2D eigenvalue weighted by Gasteiger charge is 2.19. The van der Waals surface area contributed by atoms with Gasteiger partial charge in [0.25, 0.3) is 10.0 Å². The molecule has 0 bridgehead atoms. The van der Waals surface area contributed by atoms with Gasteiger partial charge in [-0.15, -0.1) is 0 Å². The van der Waals surface area contributed by atoms with Crippen molar-refractivity contribution >= 4 is 49.2 Å². The van der Waals surface area contributed by atoms with Gasteiger partial charge in [0.15, 0.2) is 0 Å². The molecule has 2 aromatic rings. The van der Waals surface area contributed by atoms with E-state index in [1.165, 1.54) is 18.2 Å². The Balaban J connectivity index is 2.43. The van der Waals surface area contributed by atoms with Gasteiger partial charge in [0.1, 0.15) is 10.0 Å². The van der Waals surface area contributed by atoms with Crippen LogP contribution in [0.3, 0.4) is 0 Å². The van der Waals surface area contributed by atoms with Crippen molar-refractivity contribution in [2.75, 3.05) is 10.5 Å². The molecule has 0 aliphatic heterocycles.